The lowest BCUT2D eigenvalue weighted by molar-refractivity contribution is 0.0515. The van der Waals surface area contributed by atoms with E-state index >= 15 is 0 Å². The number of benzene rings is 1. The van der Waals surface area contributed by atoms with E-state index in [2.05, 4.69) is 10.3 Å². The molecule has 2 aromatic rings. The molecule has 0 unspecified atom stereocenters. The van der Waals surface area contributed by atoms with Crippen LogP contribution >= 0.6 is 11.6 Å². The van der Waals surface area contributed by atoms with E-state index in [1.807, 2.05) is 51.1 Å². The Labute approximate surface area is 242 Å². The van der Waals surface area contributed by atoms with Crippen LogP contribution < -0.4 is 10.2 Å². The predicted octanol–water partition coefficient (Wildman–Crippen LogP) is 6.27. The Morgan fingerprint density at radius 2 is 1.82 bits per heavy atom. The van der Waals surface area contributed by atoms with Gasteiger partial charge in [-0.05, 0) is 89.0 Å². The van der Waals surface area contributed by atoms with Gasteiger partial charge in [0, 0.05) is 43.2 Å². The van der Waals surface area contributed by atoms with E-state index in [4.69, 9.17) is 25.3 Å². The van der Waals surface area contributed by atoms with Gasteiger partial charge in [-0.1, -0.05) is 23.7 Å². The number of hydrogen-bond donors (Lipinski definition) is 1. The molecule has 1 aliphatic heterocycles. The zero-order chi connectivity index (χ0) is 28.9. The smallest absolute Gasteiger partial charge is 0.414 e. The molecule has 1 aliphatic carbocycles. The summed E-state index contributed by atoms with van der Waals surface area (Å²) < 4.78 is 39.3. The van der Waals surface area contributed by atoms with Gasteiger partial charge in [0.1, 0.15) is 11.4 Å². The number of amides is 1. The van der Waals surface area contributed by atoms with Gasteiger partial charge in [-0.15, -0.1) is 0 Å². The van der Waals surface area contributed by atoms with Crippen LogP contribution in [0.15, 0.2) is 36.5 Å². The number of anilines is 2. The van der Waals surface area contributed by atoms with E-state index in [9.17, 15) is 13.2 Å². The number of halogens is 1. The number of pyridine rings is 1. The monoisotopic (exact) mass is 593 g/mol. The molecular weight excluding hydrogens is 554 g/mol. The zero-order valence-corrected chi connectivity index (χ0v) is 25.3. The second-order valence-electron chi connectivity index (χ2n) is 11.7. The van der Waals surface area contributed by atoms with Crippen LogP contribution in [0.25, 0.3) is 11.1 Å². The zero-order valence-electron chi connectivity index (χ0n) is 23.7. The molecule has 1 aromatic heterocycles. The molecular formula is C29H40ClN3O6S. The average Bonchev–Trinajstić information content (AvgIpc) is 2.88. The first kappa shape index (κ1) is 30.6. The van der Waals surface area contributed by atoms with Crippen molar-refractivity contribution in [3.05, 3.63) is 41.6 Å². The van der Waals surface area contributed by atoms with Crippen LogP contribution in [0.2, 0.25) is 5.02 Å². The van der Waals surface area contributed by atoms with Gasteiger partial charge in [0.2, 0.25) is 0 Å². The van der Waals surface area contributed by atoms with Gasteiger partial charge in [-0.25, -0.2) is 9.78 Å². The van der Waals surface area contributed by atoms with Crippen molar-refractivity contribution in [2.75, 3.05) is 36.2 Å². The first-order chi connectivity index (χ1) is 18.9. The van der Waals surface area contributed by atoms with Crippen LogP contribution in [0.1, 0.15) is 59.3 Å². The van der Waals surface area contributed by atoms with Gasteiger partial charge >= 0.3 is 6.09 Å². The number of hydrogen-bond acceptors (Lipinski definition) is 8. The molecule has 1 N–H and O–H groups in total. The number of rotatable bonds is 8. The van der Waals surface area contributed by atoms with E-state index < -0.39 is 15.7 Å². The van der Waals surface area contributed by atoms with E-state index in [0.717, 1.165) is 48.8 Å². The number of carbonyl (C=O) groups is 1. The molecule has 0 bridgehead atoms. The highest BCUT2D eigenvalue weighted by Crippen LogP contribution is 2.34. The maximum atomic E-state index is 13.3. The van der Waals surface area contributed by atoms with Crippen LogP contribution in [0, 0.1) is 5.92 Å². The topological polar surface area (TPSA) is 107 Å². The minimum Gasteiger partial charge on any atom is -0.443 e. The molecule has 0 radical (unpaired) electrons. The third kappa shape index (κ3) is 9.06. The third-order valence-electron chi connectivity index (χ3n) is 7.06. The molecule has 1 saturated carbocycles. The average molecular weight is 594 g/mol. The largest absolute Gasteiger partial charge is 0.443 e. The van der Waals surface area contributed by atoms with E-state index in [0.29, 0.717) is 49.4 Å². The maximum Gasteiger partial charge on any atom is 0.414 e. The van der Waals surface area contributed by atoms with Crippen molar-refractivity contribution in [1.29, 1.82) is 0 Å². The predicted molar refractivity (Wildman–Crippen MR) is 157 cm³/mol. The summed E-state index contributed by atoms with van der Waals surface area (Å²) in [5.41, 5.74) is 1.78. The molecule has 2 fully saturated rings. The summed E-state index contributed by atoms with van der Waals surface area (Å²) in [7, 11) is -3.46. The SMILES string of the molecule is CC(C)(C)OC(=O)N(CC1CCOCC1)c1cccc(-c2cc(NC3CCC(OS(C)(=O)=O)CC3)ncc2Cl)c1. The molecule has 9 nitrogen and oxygen atoms in total. The van der Waals surface area contributed by atoms with Crippen molar-refractivity contribution in [1.82, 2.24) is 4.98 Å². The molecule has 4 rings (SSSR count). The fourth-order valence-corrected chi connectivity index (χ4v) is 6.03. The van der Waals surface area contributed by atoms with E-state index in [1.54, 1.807) is 11.1 Å². The molecule has 0 spiro atoms. The molecule has 2 aliphatic rings. The fraction of sp³-hybridized carbons (Fsp3) is 0.586. The second-order valence-corrected chi connectivity index (χ2v) is 13.7. The van der Waals surface area contributed by atoms with Crippen molar-refractivity contribution < 1.29 is 26.9 Å². The van der Waals surface area contributed by atoms with Gasteiger partial charge in [-0.3, -0.25) is 9.08 Å². The van der Waals surface area contributed by atoms with Crippen molar-refractivity contribution in [3.63, 3.8) is 0 Å². The number of nitrogens with zero attached hydrogens (tertiary/aromatic N) is 2. The summed E-state index contributed by atoms with van der Waals surface area (Å²) in [5, 5.41) is 3.97. The Morgan fingerprint density at radius 3 is 2.48 bits per heavy atom. The molecule has 1 aromatic carbocycles. The molecule has 40 heavy (non-hydrogen) atoms. The van der Waals surface area contributed by atoms with Gasteiger partial charge in [0.15, 0.2) is 0 Å². The minimum atomic E-state index is -3.46. The van der Waals surface area contributed by atoms with Crippen molar-refractivity contribution in [3.8, 4) is 11.1 Å². The molecule has 1 saturated heterocycles. The van der Waals surface area contributed by atoms with Gasteiger partial charge in [-0.2, -0.15) is 8.42 Å². The van der Waals surface area contributed by atoms with Gasteiger partial charge in [0.05, 0.1) is 17.4 Å². The summed E-state index contributed by atoms with van der Waals surface area (Å²) >= 11 is 6.61. The quantitative estimate of drug-likeness (QED) is 0.357. The van der Waals surface area contributed by atoms with Gasteiger partial charge < -0.3 is 14.8 Å². The number of carbonyl (C=O) groups excluding carboxylic acids is 1. The Kier molecular flexibility index (Phi) is 9.98. The Bertz CT molecular complexity index is 1270. The minimum absolute atomic E-state index is 0.148. The lowest BCUT2D eigenvalue weighted by atomic mass is 9.93. The van der Waals surface area contributed by atoms with Crippen LogP contribution in [-0.2, 0) is 23.8 Å². The first-order valence-electron chi connectivity index (χ1n) is 13.9. The van der Waals surface area contributed by atoms with Crippen molar-refractivity contribution in [2.24, 2.45) is 5.92 Å². The van der Waals surface area contributed by atoms with Crippen molar-refractivity contribution in [2.45, 2.75) is 77.0 Å². The van der Waals surface area contributed by atoms with Gasteiger partial charge in [0.25, 0.3) is 10.1 Å². The van der Waals surface area contributed by atoms with Crippen LogP contribution in [0.4, 0.5) is 16.3 Å². The summed E-state index contributed by atoms with van der Waals surface area (Å²) in [6, 6.07) is 9.81. The highest BCUT2D eigenvalue weighted by molar-refractivity contribution is 7.86. The molecule has 2 heterocycles. The molecule has 11 heteroatoms. The molecule has 1 amide bonds. The Hall–Kier alpha value is -2.40. The lowest BCUT2D eigenvalue weighted by Crippen LogP contribution is -2.40. The van der Waals surface area contributed by atoms with Crippen LogP contribution in [0.3, 0.4) is 0 Å². The summed E-state index contributed by atoms with van der Waals surface area (Å²) in [5.74, 6) is 1.01. The molecule has 220 valence electrons. The number of ether oxygens (including phenoxy) is 2. The highest BCUT2D eigenvalue weighted by Gasteiger charge is 2.28. The van der Waals surface area contributed by atoms with E-state index in [1.165, 1.54) is 0 Å². The normalized spacial score (nSPS) is 20.6. The Morgan fingerprint density at radius 1 is 1.12 bits per heavy atom. The fourth-order valence-electron chi connectivity index (χ4n) is 5.13. The number of aromatic nitrogens is 1. The van der Waals surface area contributed by atoms with Crippen molar-refractivity contribution >= 4 is 39.3 Å². The van der Waals surface area contributed by atoms with Crippen LogP contribution in [-0.4, -0.2) is 63.3 Å². The standard InChI is InChI=1S/C29H40ClN3O6S/c1-29(2,3)38-28(34)33(19-20-12-14-37-15-13-20)23-7-5-6-21(16-23)25-17-27(31-18-26(25)30)32-22-8-10-24(11-9-22)39-40(4,35)36/h5-7,16-18,20,22,24H,8-15,19H2,1-4H3,(H,31,32). The number of nitrogens with one attached hydrogen (secondary N) is 1. The maximum absolute atomic E-state index is 13.3. The summed E-state index contributed by atoms with van der Waals surface area (Å²) in [6.45, 7) is 7.53. The summed E-state index contributed by atoms with van der Waals surface area (Å²) in [6.07, 6.45) is 6.69. The second kappa shape index (κ2) is 13.1. The van der Waals surface area contributed by atoms with Crippen LogP contribution in [0.5, 0.6) is 0 Å². The Balaban J connectivity index is 1.52. The lowest BCUT2D eigenvalue weighted by Gasteiger charge is -2.32. The highest BCUT2D eigenvalue weighted by atomic mass is 35.5. The first-order valence-corrected chi connectivity index (χ1v) is 16.0. The third-order valence-corrected chi connectivity index (χ3v) is 7.98. The van der Waals surface area contributed by atoms with E-state index in [-0.39, 0.29) is 18.2 Å². The summed E-state index contributed by atoms with van der Waals surface area (Å²) in [4.78, 5) is 19.5. The molecule has 0 atom stereocenters.